The smallest absolute Gasteiger partial charge is 0.338 e. The molecular formula is C37H46N4O4. The number of rotatable bonds is 9. The second-order valence-corrected chi connectivity index (χ2v) is 12.2. The van der Waals surface area contributed by atoms with Crippen molar-refractivity contribution >= 4 is 11.9 Å². The minimum atomic E-state index is -0.328. The Morgan fingerprint density at radius 3 is 2.67 bits per heavy atom. The Labute approximate surface area is 267 Å². The van der Waals surface area contributed by atoms with Gasteiger partial charge < -0.3 is 14.7 Å². The summed E-state index contributed by atoms with van der Waals surface area (Å²) in [4.78, 5) is 35.4. The van der Waals surface area contributed by atoms with Crippen molar-refractivity contribution in [3.63, 3.8) is 0 Å². The van der Waals surface area contributed by atoms with Gasteiger partial charge in [0.05, 0.1) is 18.7 Å². The molecule has 2 atom stereocenters. The van der Waals surface area contributed by atoms with E-state index in [4.69, 9.17) is 4.74 Å². The molecule has 8 nitrogen and oxygen atoms in total. The van der Waals surface area contributed by atoms with Gasteiger partial charge in [-0.3, -0.25) is 19.5 Å². The fourth-order valence-corrected chi connectivity index (χ4v) is 6.82. The van der Waals surface area contributed by atoms with Crippen LogP contribution in [0.5, 0.6) is 0 Å². The summed E-state index contributed by atoms with van der Waals surface area (Å²) in [5, 5.41) is 10.5. The third-order valence-corrected chi connectivity index (χ3v) is 9.06. The molecule has 0 radical (unpaired) electrons. The number of carbonyl (C=O) groups is 2. The average molecular weight is 611 g/mol. The first kappa shape index (κ1) is 32.4. The van der Waals surface area contributed by atoms with Crippen molar-refractivity contribution in [1.82, 2.24) is 19.6 Å². The van der Waals surface area contributed by atoms with Crippen LogP contribution in [0.2, 0.25) is 0 Å². The first-order valence-corrected chi connectivity index (χ1v) is 16.0. The van der Waals surface area contributed by atoms with E-state index in [0.29, 0.717) is 30.8 Å². The highest BCUT2D eigenvalue weighted by Crippen LogP contribution is 2.36. The van der Waals surface area contributed by atoms with Gasteiger partial charge in [0, 0.05) is 70.5 Å². The number of amides is 1. The van der Waals surface area contributed by atoms with Crippen LogP contribution in [0.1, 0.15) is 57.7 Å². The summed E-state index contributed by atoms with van der Waals surface area (Å²) >= 11 is 0. The van der Waals surface area contributed by atoms with Gasteiger partial charge in [0.15, 0.2) is 0 Å². The van der Waals surface area contributed by atoms with Gasteiger partial charge in [0.1, 0.15) is 5.76 Å². The molecule has 0 spiro atoms. The molecule has 45 heavy (non-hydrogen) atoms. The van der Waals surface area contributed by atoms with E-state index in [1.165, 1.54) is 7.11 Å². The number of hydrogen-bond acceptors (Lipinski definition) is 7. The molecule has 1 N–H and O–H groups in total. The van der Waals surface area contributed by atoms with Crippen LogP contribution in [0, 0.1) is 0 Å². The molecule has 2 saturated heterocycles. The van der Waals surface area contributed by atoms with Crippen LogP contribution in [0.25, 0.3) is 0 Å². The normalized spacial score (nSPS) is 20.8. The fraction of sp³-hybridized carbons (Fsp3) is 0.405. The van der Waals surface area contributed by atoms with Crippen molar-refractivity contribution in [3.8, 4) is 0 Å². The van der Waals surface area contributed by atoms with E-state index >= 15 is 0 Å². The number of methoxy groups -OCH3 is 1. The second-order valence-electron chi connectivity index (χ2n) is 12.2. The van der Waals surface area contributed by atoms with E-state index in [1.807, 2.05) is 53.5 Å². The highest BCUT2D eigenvalue weighted by Gasteiger charge is 2.33. The molecule has 238 valence electrons. The SMILES string of the molecule is C=CCN1CCN(C(C2=CC(O)=CC=CC2)c2cccc(C(=O)N3CCCN(Cc4ccccc4C(=O)OC)CC3)c2)C(C)C1. The fourth-order valence-electron chi connectivity index (χ4n) is 6.82. The maximum absolute atomic E-state index is 14.0. The molecule has 2 unspecified atom stereocenters. The Morgan fingerprint density at radius 1 is 1.04 bits per heavy atom. The van der Waals surface area contributed by atoms with Crippen LogP contribution in [0.4, 0.5) is 0 Å². The van der Waals surface area contributed by atoms with Crippen molar-refractivity contribution in [2.24, 2.45) is 0 Å². The second kappa shape index (κ2) is 15.3. The Kier molecular flexibility index (Phi) is 11.1. The number of esters is 1. The molecule has 2 heterocycles. The molecule has 0 bridgehead atoms. The lowest BCUT2D eigenvalue weighted by molar-refractivity contribution is 0.0598. The lowest BCUT2D eigenvalue weighted by Crippen LogP contribution is -2.53. The number of hydrogen-bond donors (Lipinski definition) is 1. The summed E-state index contributed by atoms with van der Waals surface area (Å²) in [7, 11) is 1.40. The molecule has 2 aromatic rings. The molecule has 8 heteroatoms. The van der Waals surface area contributed by atoms with Crippen LogP contribution in [-0.2, 0) is 11.3 Å². The topological polar surface area (TPSA) is 76.6 Å². The van der Waals surface area contributed by atoms with Crippen LogP contribution < -0.4 is 0 Å². The Bertz CT molecular complexity index is 1460. The Morgan fingerprint density at radius 2 is 1.87 bits per heavy atom. The van der Waals surface area contributed by atoms with Crippen molar-refractivity contribution < 1.29 is 19.4 Å². The lowest BCUT2D eigenvalue weighted by Gasteiger charge is -2.44. The zero-order chi connectivity index (χ0) is 31.8. The molecule has 1 amide bonds. The van der Waals surface area contributed by atoms with Crippen LogP contribution in [0.15, 0.2) is 96.8 Å². The van der Waals surface area contributed by atoms with Crippen molar-refractivity contribution in [1.29, 1.82) is 0 Å². The predicted molar refractivity (Wildman–Crippen MR) is 178 cm³/mol. The maximum atomic E-state index is 14.0. The third-order valence-electron chi connectivity index (χ3n) is 9.06. The number of aliphatic hydroxyl groups excluding tert-OH is 1. The van der Waals surface area contributed by atoms with Gasteiger partial charge in [0.2, 0.25) is 0 Å². The van der Waals surface area contributed by atoms with Gasteiger partial charge in [-0.25, -0.2) is 4.79 Å². The molecule has 2 aromatic carbocycles. The van der Waals surface area contributed by atoms with Gasteiger partial charge >= 0.3 is 5.97 Å². The zero-order valence-electron chi connectivity index (χ0n) is 26.6. The van der Waals surface area contributed by atoms with E-state index in [0.717, 1.165) is 68.8 Å². The van der Waals surface area contributed by atoms with Crippen molar-refractivity contribution in [3.05, 3.63) is 119 Å². The van der Waals surface area contributed by atoms with E-state index < -0.39 is 0 Å². The molecule has 1 aliphatic carbocycles. The molecule has 2 fully saturated rings. The van der Waals surface area contributed by atoms with Gasteiger partial charge in [-0.15, -0.1) is 6.58 Å². The summed E-state index contributed by atoms with van der Waals surface area (Å²) in [6.45, 7) is 13.3. The van der Waals surface area contributed by atoms with Crippen LogP contribution in [0.3, 0.4) is 0 Å². The third kappa shape index (κ3) is 8.00. The summed E-state index contributed by atoms with van der Waals surface area (Å²) in [6.07, 6.45) is 11.1. The van der Waals surface area contributed by atoms with E-state index in [1.54, 1.807) is 12.1 Å². The standard InChI is InChI=1S/C37H46N4O4/c1-4-17-38-21-23-41(28(2)26-38)35(30-11-5-7-15-33(42)25-30)29-13-9-14-31(24-29)36(43)40-19-10-18-39(20-22-40)27-32-12-6-8-16-34(32)37(44)45-3/h4-9,12-16,24-25,28,35,42H,1,10-11,17-23,26-27H2,2-3H3. The predicted octanol–water partition coefficient (Wildman–Crippen LogP) is 5.38. The summed E-state index contributed by atoms with van der Waals surface area (Å²) in [6, 6.07) is 15.9. The number of benzene rings is 2. The average Bonchev–Trinajstić information content (AvgIpc) is 3.42. The number of piperazine rings is 1. The quantitative estimate of drug-likeness (QED) is 0.302. The van der Waals surface area contributed by atoms with Gasteiger partial charge in [-0.1, -0.05) is 48.6 Å². The summed E-state index contributed by atoms with van der Waals surface area (Å²) in [5.74, 6) is -0.0451. The zero-order valence-corrected chi connectivity index (χ0v) is 26.6. The number of carbonyl (C=O) groups excluding carboxylic acids is 2. The van der Waals surface area contributed by atoms with E-state index in [9.17, 15) is 14.7 Å². The monoisotopic (exact) mass is 610 g/mol. The highest BCUT2D eigenvalue weighted by atomic mass is 16.5. The largest absolute Gasteiger partial charge is 0.508 e. The molecular weight excluding hydrogens is 564 g/mol. The number of aliphatic hydroxyl groups is 1. The van der Waals surface area contributed by atoms with E-state index in [2.05, 4.69) is 46.4 Å². The number of ether oxygens (including phenoxy) is 1. The minimum Gasteiger partial charge on any atom is -0.508 e. The summed E-state index contributed by atoms with van der Waals surface area (Å²) < 4.78 is 4.98. The van der Waals surface area contributed by atoms with Gasteiger partial charge in [-0.2, -0.15) is 0 Å². The van der Waals surface area contributed by atoms with Crippen LogP contribution in [-0.4, -0.2) is 102 Å². The molecule has 2 aliphatic heterocycles. The van der Waals surface area contributed by atoms with Crippen molar-refractivity contribution in [2.45, 2.75) is 38.4 Å². The Balaban J connectivity index is 1.34. The first-order chi connectivity index (χ1) is 21.9. The lowest BCUT2D eigenvalue weighted by atomic mass is 9.91. The van der Waals surface area contributed by atoms with Gasteiger partial charge in [-0.05, 0) is 66.8 Å². The number of allylic oxidation sites excluding steroid dienone is 4. The van der Waals surface area contributed by atoms with Crippen LogP contribution >= 0.6 is 0 Å². The molecule has 0 saturated carbocycles. The Hall–Kier alpha value is -3.98. The van der Waals surface area contributed by atoms with E-state index in [-0.39, 0.29) is 29.7 Å². The molecule has 3 aliphatic rings. The summed E-state index contributed by atoms with van der Waals surface area (Å²) in [5.41, 5.74) is 4.39. The van der Waals surface area contributed by atoms with Gasteiger partial charge in [0.25, 0.3) is 5.91 Å². The number of nitrogens with zero attached hydrogens (tertiary/aromatic N) is 4. The maximum Gasteiger partial charge on any atom is 0.338 e. The van der Waals surface area contributed by atoms with Crippen molar-refractivity contribution in [2.75, 3.05) is 59.5 Å². The highest BCUT2D eigenvalue weighted by molar-refractivity contribution is 5.94. The first-order valence-electron chi connectivity index (χ1n) is 16.0. The molecule has 0 aromatic heterocycles. The minimum absolute atomic E-state index is 0.0359. The molecule has 5 rings (SSSR count).